The average Bonchev–Trinajstić information content (AvgIpc) is 2.92. The number of hydrogen-bond acceptors (Lipinski definition) is 4. The second kappa shape index (κ2) is 5.67. The normalized spacial score (nSPS) is 15.4. The maximum atomic E-state index is 11.9. The van der Waals surface area contributed by atoms with Crippen molar-refractivity contribution in [1.29, 1.82) is 0 Å². The first kappa shape index (κ1) is 12.6. The van der Waals surface area contributed by atoms with Gasteiger partial charge in [-0.2, -0.15) is 0 Å². The molecule has 1 aromatic rings. The van der Waals surface area contributed by atoms with Gasteiger partial charge in [-0.3, -0.25) is 4.79 Å². The Hall–Kier alpha value is -1.84. The summed E-state index contributed by atoms with van der Waals surface area (Å²) >= 11 is 0. The Balaban J connectivity index is 2.13. The number of carbonyl (C=O) groups is 2. The first-order valence-electron chi connectivity index (χ1n) is 6.11. The van der Waals surface area contributed by atoms with Crippen molar-refractivity contribution in [3.63, 3.8) is 0 Å². The summed E-state index contributed by atoms with van der Waals surface area (Å²) in [5.41, 5.74) is 0.284. The van der Waals surface area contributed by atoms with Crippen LogP contribution in [0.3, 0.4) is 0 Å². The Morgan fingerprint density at radius 1 is 1.17 bits per heavy atom. The van der Waals surface area contributed by atoms with E-state index in [1.807, 2.05) is 0 Å². The summed E-state index contributed by atoms with van der Waals surface area (Å²) in [5, 5.41) is 0. The number of benzene rings is 1. The molecule has 0 saturated heterocycles. The van der Waals surface area contributed by atoms with Crippen molar-refractivity contribution in [1.82, 2.24) is 0 Å². The molecular weight excluding hydrogens is 232 g/mol. The lowest BCUT2D eigenvalue weighted by Gasteiger charge is -2.11. The van der Waals surface area contributed by atoms with Crippen molar-refractivity contribution in [3.8, 4) is 5.75 Å². The summed E-state index contributed by atoms with van der Waals surface area (Å²) in [4.78, 5) is 23.4. The lowest BCUT2D eigenvalue weighted by atomic mass is 10.1. The van der Waals surface area contributed by atoms with Gasteiger partial charge in [-0.25, -0.2) is 4.79 Å². The van der Waals surface area contributed by atoms with Crippen molar-refractivity contribution in [2.75, 3.05) is 7.11 Å². The molecule has 0 N–H and O–H groups in total. The molecule has 0 heterocycles. The molecule has 1 aliphatic rings. The molecule has 4 heteroatoms. The predicted molar refractivity (Wildman–Crippen MR) is 65.4 cm³/mol. The van der Waals surface area contributed by atoms with Crippen LogP contribution in [-0.2, 0) is 9.53 Å². The van der Waals surface area contributed by atoms with Crippen LogP contribution >= 0.6 is 0 Å². The summed E-state index contributed by atoms with van der Waals surface area (Å²) in [6.45, 7) is 0. The smallest absolute Gasteiger partial charge is 0.341 e. The highest BCUT2D eigenvalue weighted by Gasteiger charge is 2.25. The van der Waals surface area contributed by atoms with Crippen LogP contribution in [0.15, 0.2) is 24.3 Å². The van der Waals surface area contributed by atoms with Gasteiger partial charge in [-0.05, 0) is 25.0 Å². The summed E-state index contributed by atoms with van der Waals surface area (Å²) in [7, 11) is 1.30. The average molecular weight is 248 g/mol. The van der Waals surface area contributed by atoms with E-state index in [0.29, 0.717) is 0 Å². The van der Waals surface area contributed by atoms with Crippen LogP contribution in [-0.4, -0.2) is 19.0 Å². The molecule has 0 amide bonds. The molecule has 0 bridgehead atoms. The van der Waals surface area contributed by atoms with Gasteiger partial charge in [-0.15, -0.1) is 0 Å². The van der Waals surface area contributed by atoms with Gasteiger partial charge < -0.3 is 9.47 Å². The number of rotatable bonds is 3. The Labute approximate surface area is 106 Å². The van der Waals surface area contributed by atoms with E-state index < -0.39 is 5.97 Å². The van der Waals surface area contributed by atoms with Crippen molar-refractivity contribution >= 4 is 11.9 Å². The molecule has 1 fully saturated rings. The van der Waals surface area contributed by atoms with E-state index in [-0.39, 0.29) is 23.2 Å². The fourth-order valence-corrected chi connectivity index (χ4v) is 2.19. The van der Waals surface area contributed by atoms with Gasteiger partial charge in [0.15, 0.2) is 0 Å². The standard InChI is InChI=1S/C14H16O4/c1-17-14(16)11-8-4-5-9-12(11)18-13(15)10-6-2-3-7-10/h4-5,8-10H,2-3,6-7H2,1H3. The minimum absolute atomic E-state index is 0.0318. The summed E-state index contributed by atoms with van der Waals surface area (Å²) < 4.78 is 9.97. The molecule has 1 saturated carbocycles. The van der Waals surface area contributed by atoms with Gasteiger partial charge in [0.2, 0.25) is 0 Å². The van der Waals surface area contributed by atoms with Gasteiger partial charge in [0.05, 0.1) is 13.0 Å². The number of ether oxygens (including phenoxy) is 2. The first-order valence-corrected chi connectivity index (χ1v) is 6.11. The Morgan fingerprint density at radius 3 is 2.50 bits per heavy atom. The molecule has 18 heavy (non-hydrogen) atoms. The second-order valence-corrected chi connectivity index (χ2v) is 4.39. The highest BCUT2D eigenvalue weighted by molar-refractivity contribution is 5.93. The minimum atomic E-state index is -0.496. The fourth-order valence-electron chi connectivity index (χ4n) is 2.19. The summed E-state index contributed by atoms with van der Waals surface area (Å²) in [6.07, 6.45) is 3.88. The maximum absolute atomic E-state index is 11.9. The molecule has 0 aromatic heterocycles. The van der Waals surface area contributed by atoms with Crippen LogP contribution in [0, 0.1) is 5.92 Å². The van der Waals surface area contributed by atoms with Crippen molar-refractivity contribution < 1.29 is 19.1 Å². The second-order valence-electron chi connectivity index (χ2n) is 4.39. The summed E-state index contributed by atoms with van der Waals surface area (Å²) in [6, 6.07) is 6.63. The Kier molecular flexibility index (Phi) is 3.97. The van der Waals surface area contributed by atoms with Crippen molar-refractivity contribution in [3.05, 3.63) is 29.8 Å². The van der Waals surface area contributed by atoms with E-state index >= 15 is 0 Å². The topological polar surface area (TPSA) is 52.6 Å². The van der Waals surface area contributed by atoms with Crippen LogP contribution in [0.2, 0.25) is 0 Å². The van der Waals surface area contributed by atoms with Crippen LogP contribution in [0.5, 0.6) is 5.75 Å². The number of esters is 2. The largest absolute Gasteiger partial charge is 0.465 e. The monoisotopic (exact) mass is 248 g/mol. The van der Waals surface area contributed by atoms with Gasteiger partial charge >= 0.3 is 11.9 Å². The molecule has 0 spiro atoms. The Bertz CT molecular complexity index is 447. The Morgan fingerprint density at radius 2 is 1.83 bits per heavy atom. The van der Waals surface area contributed by atoms with E-state index in [1.165, 1.54) is 7.11 Å². The molecule has 0 atom stereocenters. The van der Waals surface area contributed by atoms with E-state index in [0.717, 1.165) is 25.7 Å². The lowest BCUT2D eigenvalue weighted by Crippen LogP contribution is -2.19. The zero-order valence-electron chi connectivity index (χ0n) is 10.3. The number of hydrogen-bond donors (Lipinski definition) is 0. The molecule has 96 valence electrons. The zero-order chi connectivity index (χ0) is 13.0. The zero-order valence-corrected chi connectivity index (χ0v) is 10.3. The van der Waals surface area contributed by atoms with Crippen LogP contribution in [0.1, 0.15) is 36.0 Å². The molecule has 2 rings (SSSR count). The van der Waals surface area contributed by atoms with Gasteiger partial charge in [-0.1, -0.05) is 25.0 Å². The predicted octanol–water partition coefficient (Wildman–Crippen LogP) is 2.57. The molecule has 1 aliphatic carbocycles. The van der Waals surface area contributed by atoms with Gasteiger partial charge in [0.1, 0.15) is 11.3 Å². The number of methoxy groups -OCH3 is 1. The van der Waals surface area contributed by atoms with E-state index in [2.05, 4.69) is 4.74 Å². The van der Waals surface area contributed by atoms with Gasteiger partial charge in [0, 0.05) is 0 Å². The van der Waals surface area contributed by atoms with Crippen molar-refractivity contribution in [2.45, 2.75) is 25.7 Å². The van der Waals surface area contributed by atoms with Gasteiger partial charge in [0.25, 0.3) is 0 Å². The van der Waals surface area contributed by atoms with Crippen LogP contribution in [0.25, 0.3) is 0 Å². The lowest BCUT2D eigenvalue weighted by molar-refractivity contribution is -0.138. The summed E-state index contributed by atoms with van der Waals surface area (Å²) in [5.74, 6) is -0.495. The molecule has 0 radical (unpaired) electrons. The highest BCUT2D eigenvalue weighted by atomic mass is 16.5. The third-order valence-corrected chi connectivity index (χ3v) is 3.19. The fraction of sp³-hybridized carbons (Fsp3) is 0.429. The molecule has 1 aromatic carbocycles. The quantitative estimate of drug-likeness (QED) is 0.609. The van der Waals surface area contributed by atoms with E-state index in [1.54, 1.807) is 24.3 Å². The highest BCUT2D eigenvalue weighted by Crippen LogP contribution is 2.27. The SMILES string of the molecule is COC(=O)c1ccccc1OC(=O)C1CCCC1. The first-order chi connectivity index (χ1) is 8.72. The number of para-hydroxylation sites is 1. The maximum Gasteiger partial charge on any atom is 0.341 e. The molecule has 0 unspecified atom stereocenters. The molecule has 4 nitrogen and oxygen atoms in total. The van der Waals surface area contributed by atoms with Crippen LogP contribution in [0.4, 0.5) is 0 Å². The minimum Gasteiger partial charge on any atom is -0.465 e. The third-order valence-electron chi connectivity index (χ3n) is 3.19. The van der Waals surface area contributed by atoms with Crippen LogP contribution < -0.4 is 4.74 Å². The molecule has 0 aliphatic heterocycles. The van der Waals surface area contributed by atoms with Crippen molar-refractivity contribution in [2.24, 2.45) is 5.92 Å². The van der Waals surface area contributed by atoms with E-state index in [9.17, 15) is 9.59 Å². The third kappa shape index (κ3) is 2.70. The molecular formula is C14H16O4. The number of carbonyl (C=O) groups excluding carboxylic acids is 2. The van der Waals surface area contributed by atoms with E-state index in [4.69, 9.17) is 4.74 Å².